The fourth-order valence-electron chi connectivity index (χ4n) is 2.51. The van der Waals surface area contributed by atoms with Crippen LogP contribution in [0.25, 0.3) is 0 Å². The Labute approximate surface area is 101 Å². The second kappa shape index (κ2) is 5.03. The summed E-state index contributed by atoms with van der Waals surface area (Å²) in [5, 5.41) is 35.4. The first-order valence-corrected chi connectivity index (χ1v) is 5.16. The lowest BCUT2D eigenvalue weighted by Crippen LogP contribution is -2.32. The van der Waals surface area contributed by atoms with Crippen molar-refractivity contribution in [1.82, 2.24) is 0 Å². The summed E-state index contributed by atoms with van der Waals surface area (Å²) in [6.07, 6.45) is -1.03. The number of rotatable bonds is 5. The molecule has 1 saturated carbocycles. The van der Waals surface area contributed by atoms with Gasteiger partial charge in [0.25, 0.3) is 0 Å². The molecule has 0 aromatic carbocycles. The lowest BCUT2D eigenvalue weighted by atomic mass is 9.84. The number of hydrogen-bond donors (Lipinski definition) is 4. The molecule has 0 aromatic heterocycles. The average Bonchev–Trinajstić information content (AvgIpc) is 2.56. The maximum absolute atomic E-state index is 11.0. The van der Waals surface area contributed by atoms with E-state index in [1.54, 1.807) is 0 Å². The highest BCUT2D eigenvalue weighted by Crippen LogP contribution is 2.44. The van der Waals surface area contributed by atoms with Crippen LogP contribution in [0.4, 0.5) is 0 Å². The van der Waals surface area contributed by atoms with Crippen LogP contribution in [0, 0.1) is 23.7 Å². The van der Waals surface area contributed by atoms with E-state index >= 15 is 0 Å². The fraction of sp³-hybridized carbons (Fsp3) is 0.600. The quantitative estimate of drug-likeness (QED) is 0.520. The summed E-state index contributed by atoms with van der Waals surface area (Å²) in [6, 6.07) is 0. The van der Waals surface area contributed by atoms with Gasteiger partial charge < -0.3 is 20.4 Å². The molecule has 18 heavy (non-hydrogen) atoms. The Morgan fingerprint density at radius 2 is 1.33 bits per heavy atom. The van der Waals surface area contributed by atoms with Crippen molar-refractivity contribution in [2.75, 3.05) is 0 Å². The van der Waals surface area contributed by atoms with Crippen molar-refractivity contribution >= 4 is 23.9 Å². The predicted octanol–water partition coefficient (Wildman–Crippen LogP) is -0.417. The largest absolute Gasteiger partial charge is 0.481 e. The van der Waals surface area contributed by atoms with E-state index < -0.39 is 54.0 Å². The van der Waals surface area contributed by atoms with E-state index in [1.807, 2.05) is 0 Å². The summed E-state index contributed by atoms with van der Waals surface area (Å²) in [4.78, 5) is 43.5. The van der Waals surface area contributed by atoms with Crippen molar-refractivity contribution in [3.8, 4) is 0 Å². The zero-order valence-electron chi connectivity index (χ0n) is 9.15. The summed E-state index contributed by atoms with van der Waals surface area (Å²) < 4.78 is 0. The SMILES string of the molecule is O=C(O)CC1C(C(=O)O)CC(C(=O)O)C1C(=O)O. The molecule has 0 heterocycles. The molecule has 0 radical (unpaired) electrons. The van der Waals surface area contributed by atoms with Gasteiger partial charge in [0.2, 0.25) is 0 Å². The zero-order chi connectivity index (χ0) is 14.0. The zero-order valence-corrected chi connectivity index (χ0v) is 9.15. The number of carbonyl (C=O) groups is 4. The van der Waals surface area contributed by atoms with E-state index in [9.17, 15) is 19.2 Å². The summed E-state index contributed by atoms with van der Waals surface area (Å²) >= 11 is 0. The van der Waals surface area contributed by atoms with Crippen molar-refractivity contribution in [2.45, 2.75) is 12.8 Å². The molecule has 1 aliphatic rings. The molecule has 4 N–H and O–H groups in total. The van der Waals surface area contributed by atoms with Gasteiger partial charge in [-0.05, 0) is 12.3 Å². The number of hydrogen-bond acceptors (Lipinski definition) is 4. The van der Waals surface area contributed by atoms with Crippen LogP contribution in [0.3, 0.4) is 0 Å². The Hall–Kier alpha value is -2.12. The molecule has 0 spiro atoms. The highest BCUT2D eigenvalue weighted by atomic mass is 16.4. The van der Waals surface area contributed by atoms with Crippen LogP contribution in [0.1, 0.15) is 12.8 Å². The Kier molecular flexibility index (Phi) is 3.89. The normalized spacial score (nSPS) is 30.9. The van der Waals surface area contributed by atoms with Gasteiger partial charge in [-0.25, -0.2) is 0 Å². The van der Waals surface area contributed by atoms with Crippen molar-refractivity contribution in [1.29, 1.82) is 0 Å². The highest BCUT2D eigenvalue weighted by Gasteiger charge is 2.53. The van der Waals surface area contributed by atoms with Gasteiger partial charge in [0.05, 0.1) is 17.8 Å². The van der Waals surface area contributed by atoms with Crippen molar-refractivity contribution in [2.24, 2.45) is 23.7 Å². The molecule has 1 aliphatic carbocycles. The molecule has 8 heteroatoms. The second-order valence-electron chi connectivity index (χ2n) is 4.25. The van der Waals surface area contributed by atoms with Gasteiger partial charge >= 0.3 is 23.9 Å². The molecule has 0 bridgehead atoms. The van der Waals surface area contributed by atoms with E-state index in [0.29, 0.717) is 0 Å². The predicted molar refractivity (Wildman–Crippen MR) is 53.7 cm³/mol. The summed E-state index contributed by atoms with van der Waals surface area (Å²) in [6.45, 7) is 0. The van der Waals surface area contributed by atoms with Gasteiger partial charge in [0, 0.05) is 6.42 Å². The topological polar surface area (TPSA) is 149 Å². The molecule has 100 valence electrons. The molecule has 0 aromatic rings. The minimum atomic E-state index is -1.49. The lowest BCUT2D eigenvalue weighted by molar-refractivity contribution is -0.155. The minimum Gasteiger partial charge on any atom is -0.481 e. The molecule has 8 nitrogen and oxygen atoms in total. The number of aliphatic carboxylic acids is 4. The van der Waals surface area contributed by atoms with Crippen LogP contribution in [-0.4, -0.2) is 44.3 Å². The van der Waals surface area contributed by atoms with Crippen LogP contribution >= 0.6 is 0 Å². The lowest BCUT2D eigenvalue weighted by Gasteiger charge is -2.18. The van der Waals surface area contributed by atoms with Crippen molar-refractivity contribution in [3.63, 3.8) is 0 Å². The maximum Gasteiger partial charge on any atom is 0.307 e. The number of carboxylic acids is 4. The minimum absolute atomic E-state index is 0.362. The van der Waals surface area contributed by atoms with E-state index in [0.717, 1.165) is 0 Å². The van der Waals surface area contributed by atoms with Gasteiger partial charge in [0.15, 0.2) is 0 Å². The summed E-state index contributed by atoms with van der Waals surface area (Å²) in [5.74, 6) is -10.9. The molecule has 0 aliphatic heterocycles. The molecule has 1 fully saturated rings. The van der Waals surface area contributed by atoms with Gasteiger partial charge in [-0.1, -0.05) is 0 Å². The fourth-order valence-corrected chi connectivity index (χ4v) is 2.51. The van der Waals surface area contributed by atoms with E-state index in [4.69, 9.17) is 20.4 Å². The highest BCUT2D eigenvalue weighted by molar-refractivity contribution is 5.85. The standard InChI is InChI=1S/C10H12O8/c11-6(12)2-3-4(8(13)14)1-5(9(15)16)7(3)10(17)18/h3-5,7H,1-2H2,(H,11,12)(H,13,14)(H,15,16)(H,17,18). The van der Waals surface area contributed by atoms with Gasteiger partial charge in [-0.15, -0.1) is 0 Å². The van der Waals surface area contributed by atoms with Crippen LogP contribution < -0.4 is 0 Å². The van der Waals surface area contributed by atoms with Crippen molar-refractivity contribution in [3.05, 3.63) is 0 Å². The summed E-state index contributed by atoms with van der Waals surface area (Å²) in [7, 11) is 0. The molecule has 0 amide bonds. The number of carboxylic acid groups (broad SMARTS) is 4. The third kappa shape index (κ3) is 2.58. The van der Waals surface area contributed by atoms with Crippen molar-refractivity contribution < 1.29 is 39.6 Å². The van der Waals surface area contributed by atoms with Crippen LogP contribution in [0.2, 0.25) is 0 Å². The first kappa shape index (κ1) is 13.9. The van der Waals surface area contributed by atoms with Gasteiger partial charge in [-0.2, -0.15) is 0 Å². The molecule has 1 rings (SSSR count). The first-order chi connectivity index (χ1) is 8.25. The molecule has 4 atom stereocenters. The Balaban J connectivity index is 3.10. The average molecular weight is 260 g/mol. The molecular formula is C10H12O8. The second-order valence-corrected chi connectivity index (χ2v) is 4.25. The van der Waals surface area contributed by atoms with Gasteiger partial charge in [-0.3, -0.25) is 19.2 Å². The molecule has 4 unspecified atom stereocenters. The van der Waals surface area contributed by atoms with Crippen LogP contribution in [0.5, 0.6) is 0 Å². The van der Waals surface area contributed by atoms with E-state index in [-0.39, 0.29) is 6.42 Å². The third-order valence-corrected chi connectivity index (χ3v) is 3.25. The van der Waals surface area contributed by atoms with E-state index in [1.165, 1.54) is 0 Å². The smallest absolute Gasteiger partial charge is 0.307 e. The molecular weight excluding hydrogens is 248 g/mol. The van der Waals surface area contributed by atoms with Crippen LogP contribution in [-0.2, 0) is 19.2 Å². The third-order valence-electron chi connectivity index (χ3n) is 3.25. The summed E-state index contributed by atoms with van der Waals surface area (Å²) in [5.41, 5.74) is 0. The van der Waals surface area contributed by atoms with Gasteiger partial charge in [0.1, 0.15) is 0 Å². The Morgan fingerprint density at radius 3 is 1.67 bits per heavy atom. The molecule has 0 saturated heterocycles. The Morgan fingerprint density at radius 1 is 0.833 bits per heavy atom. The van der Waals surface area contributed by atoms with E-state index in [2.05, 4.69) is 0 Å². The monoisotopic (exact) mass is 260 g/mol. The van der Waals surface area contributed by atoms with Crippen LogP contribution in [0.15, 0.2) is 0 Å². The maximum atomic E-state index is 11.0. The first-order valence-electron chi connectivity index (χ1n) is 5.16. The Bertz CT molecular complexity index is 401.